The molecule has 0 saturated heterocycles. The molecule has 0 bridgehead atoms. The van der Waals surface area contributed by atoms with Gasteiger partial charge in [0.1, 0.15) is 6.54 Å². The van der Waals surface area contributed by atoms with Crippen LogP contribution in [0.5, 0.6) is 0 Å². The number of hydrogen-bond donors (Lipinski definition) is 1. The van der Waals surface area contributed by atoms with Gasteiger partial charge in [0, 0.05) is 5.56 Å². The van der Waals surface area contributed by atoms with Crippen molar-refractivity contribution in [3.05, 3.63) is 59.0 Å². The highest BCUT2D eigenvalue weighted by Gasteiger charge is 2.14. The van der Waals surface area contributed by atoms with Gasteiger partial charge in [-0.05, 0) is 37.6 Å². The third kappa shape index (κ3) is 4.54. The van der Waals surface area contributed by atoms with Crippen LogP contribution >= 0.6 is 0 Å². The maximum Gasteiger partial charge on any atom is 0.325 e. The normalized spacial score (nSPS) is 10.2. The van der Waals surface area contributed by atoms with Gasteiger partial charge >= 0.3 is 5.97 Å². The highest BCUT2D eigenvalue weighted by Crippen LogP contribution is 2.11. The van der Waals surface area contributed by atoms with E-state index in [9.17, 15) is 14.4 Å². The topological polar surface area (TPSA) is 85.6 Å². The molecule has 0 radical (unpaired) electrons. The van der Waals surface area contributed by atoms with Crippen molar-refractivity contribution in [1.82, 2.24) is 5.32 Å². The summed E-state index contributed by atoms with van der Waals surface area (Å²) in [4.78, 5) is 35.2. The molecule has 0 aliphatic heterocycles. The van der Waals surface area contributed by atoms with E-state index in [0.717, 1.165) is 11.1 Å². The molecule has 1 amide bonds. The first kappa shape index (κ1) is 16.5. The van der Waals surface area contributed by atoms with E-state index in [-0.39, 0.29) is 24.7 Å². The largest absolute Gasteiger partial charge is 0.459 e. The Bertz CT molecular complexity index is 719. The molecule has 0 atom stereocenters. The molecule has 0 spiro atoms. The maximum atomic E-state index is 12.1. The van der Waals surface area contributed by atoms with Crippen LogP contribution in [-0.4, -0.2) is 30.8 Å². The van der Waals surface area contributed by atoms with Crippen LogP contribution in [0, 0.1) is 13.8 Å². The van der Waals surface area contributed by atoms with E-state index in [1.54, 1.807) is 12.1 Å². The lowest BCUT2D eigenvalue weighted by Gasteiger charge is -2.08. The van der Waals surface area contributed by atoms with Gasteiger partial charge in [-0.15, -0.1) is 0 Å². The summed E-state index contributed by atoms with van der Waals surface area (Å²) in [7, 11) is 0. The molecule has 1 heterocycles. The minimum atomic E-state index is -0.691. The second kappa shape index (κ2) is 7.40. The number of ether oxygens (including phenoxy) is 1. The van der Waals surface area contributed by atoms with Crippen molar-refractivity contribution >= 4 is 17.7 Å². The van der Waals surface area contributed by atoms with Gasteiger partial charge in [-0.1, -0.05) is 17.7 Å². The molecule has 6 heteroatoms. The molecular formula is C17H17NO5. The van der Waals surface area contributed by atoms with Gasteiger partial charge in [0.25, 0.3) is 5.91 Å². The van der Waals surface area contributed by atoms with Crippen molar-refractivity contribution in [2.45, 2.75) is 13.8 Å². The molecule has 1 aromatic carbocycles. The lowest BCUT2D eigenvalue weighted by Crippen LogP contribution is -2.31. The summed E-state index contributed by atoms with van der Waals surface area (Å²) in [5.74, 6) is -1.39. The average molecular weight is 315 g/mol. The third-order valence-corrected chi connectivity index (χ3v) is 3.20. The number of rotatable bonds is 6. The Labute approximate surface area is 133 Å². The fourth-order valence-electron chi connectivity index (χ4n) is 1.96. The number of aryl methyl sites for hydroxylation is 2. The second-order valence-electron chi connectivity index (χ2n) is 5.06. The Balaban J connectivity index is 1.81. The van der Waals surface area contributed by atoms with Crippen LogP contribution in [0.1, 0.15) is 32.0 Å². The molecule has 1 aromatic heterocycles. The lowest BCUT2D eigenvalue weighted by molar-refractivity contribution is -0.141. The SMILES string of the molecule is Cc1ccc(C)c(C(=O)COC(=O)CNC(=O)c2ccco2)c1. The first-order chi connectivity index (χ1) is 11.0. The molecule has 0 unspecified atom stereocenters. The van der Waals surface area contributed by atoms with E-state index in [1.807, 2.05) is 26.0 Å². The van der Waals surface area contributed by atoms with Crippen molar-refractivity contribution in [2.75, 3.05) is 13.2 Å². The number of nitrogens with one attached hydrogen (secondary N) is 1. The quantitative estimate of drug-likeness (QED) is 0.651. The van der Waals surface area contributed by atoms with Gasteiger partial charge in [-0.25, -0.2) is 0 Å². The molecule has 0 fully saturated rings. The zero-order valence-corrected chi connectivity index (χ0v) is 12.9. The van der Waals surface area contributed by atoms with Crippen LogP contribution in [-0.2, 0) is 9.53 Å². The summed E-state index contributed by atoms with van der Waals surface area (Å²) in [5, 5.41) is 2.35. The zero-order chi connectivity index (χ0) is 16.8. The van der Waals surface area contributed by atoms with Crippen LogP contribution in [0.25, 0.3) is 0 Å². The van der Waals surface area contributed by atoms with Gasteiger partial charge in [0.05, 0.1) is 6.26 Å². The van der Waals surface area contributed by atoms with Crippen molar-refractivity contribution in [1.29, 1.82) is 0 Å². The van der Waals surface area contributed by atoms with Crippen LogP contribution in [0.2, 0.25) is 0 Å². The predicted molar refractivity (Wildman–Crippen MR) is 82.2 cm³/mol. The number of amides is 1. The maximum absolute atomic E-state index is 12.1. The average Bonchev–Trinajstić information content (AvgIpc) is 3.07. The molecule has 1 N–H and O–H groups in total. The Kier molecular flexibility index (Phi) is 5.30. The molecule has 6 nitrogen and oxygen atoms in total. The van der Waals surface area contributed by atoms with Crippen LogP contribution in [0.4, 0.5) is 0 Å². The minimum Gasteiger partial charge on any atom is -0.459 e. The van der Waals surface area contributed by atoms with Crippen molar-refractivity contribution in [3.63, 3.8) is 0 Å². The van der Waals surface area contributed by atoms with Crippen molar-refractivity contribution < 1.29 is 23.5 Å². The van der Waals surface area contributed by atoms with Crippen molar-refractivity contribution in [2.24, 2.45) is 0 Å². The Hall–Kier alpha value is -2.89. The lowest BCUT2D eigenvalue weighted by atomic mass is 10.0. The zero-order valence-electron chi connectivity index (χ0n) is 12.9. The standard InChI is InChI=1S/C17H17NO5/c1-11-5-6-12(2)13(8-11)14(19)10-23-16(20)9-18-17(21)15-4-3-7-22-15/h3-8H,9-10H2,1-2H3,(H,18,21). The minimum absolute atomic E-state index is 0.101. The smallest absolute Gasteiger partial charge is 0.325 e. The first-order valence-electron chi connectivity index (χ1n) is 7.05. The van der Waals surface area contributed by atoms with Crippen molar-refractivity contribution in [3.8, 4) is 0 Å². The van der Waals surface area contributed by atoms with E-state index < -0.39 is 11.9 Å². The molecule has 23 heavy (non-hydrogen) atoms. The third-order valence-electron chi connectivity index (χ3n) is 3.20. The van der Waals surface area contributed by atoms with E-state index in [2.05, 4.69) is 5.32 Å². The summed E-state index contributed by atoms with van der Waals surface area (Å²) in [6.45, 7) is 3.00. The highest BCUT2D eigenvalue weighted by atomic mass is 16.5. The highest BCUT2D eigenvalue weighted by molar-refractivity contribution is 5.99. The van der Waals surface area contributed by atoms with Crippen LogP contribution < -0.4 is 5.32 Å². The van der Waals surface area contributed by atoms with Gasteiger partial charge in [0.15, 0.2) is 12.4 Å². The summed E-state index contributed by atoms with van der Waals surface area (Å²) in [6.07, 6.45) is 1.36. The first-order valence-corrected chi connectivity index (χ1v) is 7.05. The molecular weight excluding hydrogens is 298 g/mol. The van der Waals surface area contributed by atoms with E-state index in [0.29, 0.717) is 5.56 Å². The van der Waals surface area contributed by atoms with Gasteiger partial charge in [0.2, 0.25) is 5.78 Å². The molecule has 2 rings (SSSR count). The Morgan fingerprint density at radius 2 is 1.96 bits per heavy atom. The van der Waals surface area contributed by atoms with Gasteiger partial charge in [-0.2, -0.15) is 0 Å². The molecule has 120 valence electrons. The van der Waals surface area contributed by atoms with Gasteiger partial charge < -0.3 is 14.5 Å². The monoisotopic (exact) mass is 315 g/mol. The Morgan fingerprint density at radius 1 is 1.17 bits per heavy atom. The van der Waals surface area contributed by atoms with E-state index in [1.165, 1.54) is 12.3 Å². The Morgan fingerprint density at radius 3 is 2.65 bits per heavy atom. The molecule has 0 saturated carbocycles. The summed E-state index contributed by atoms with van der Waals surface area (Å²) in [5.41, 5.74) is 2.30. The molecule has 2 aromatic rings. The second-order valence-corrected chi connectivity index (χ2v) is 5.06. The number of carbonyl (C=O) groups is 3. The summed E-state index contributed by atoms with van der Waals surface area (Å²) >= 11 is 0. The summed E-state index contributed by atoms with van der Waals surface area (Å²) < 4.78 is 9.78. The van der Waals surface area contributed by atoms with Gasteiger partial charge in [-0.3, -0.25) is 14.4 Å². The van der Waals surface area contributed by atoms with Crippen LogP contribution in [0.15, 0.2) is 41.0 Å². The number of esters is 1. The number of carbonyl (C=O) groups excluding carboxylic acids is 3. The number of furan rings is 1. The van der Waals surface area contributed by atoms with E-state index >= 15 is 0 Å². The van der Waals surface area contributed by atoms with E-state index in [4.69, 9.17) is 9.15 Å². The number of benzene rings is 1. The predicted octanol–water partition coefficient (Wildman–Crippen LogP) is 2.05. The number of ketones is 1. The van der Waals surface area contributed by atoms with Crippen LogP contribution in [0.3, 0.4) is 0 Å². The fourth-order valence-corrected chi connectivity index (χ4v) is 1.96. The fraction of sp³-hybridized carbons (Fsp3) is 0.235. The number of Topliss-reactive ketones (excluding diaryl/α,β-unsaturated/α-hetero) is 1. The molecule has 0 aliphatic carbocycles. The molecule has 0 aliphatic rings. The number of hydrogen-bond acceptors (Lipinski definition) is 5. The summed E-state index contributed by atoms with van der Waals surface area (Å²) in [6, 6.07) is 8.54.